The number of ether oxygens (including phenoxy) is 2. The van der Waals surface area contributed by atoms with Crippen molar-refractivity contribution < 1.29 is 9.47 Å². The Hall–Kier alpha value is -4.04. The first-order valence-corrected chi connectivity index (χ1v) is 32.4. The SMILES string of the molecule is CCCCCCCCCCCCOc1ccccc1Nc1[nH]n(-c2c(Cl)c(Cl)c(Cl)c(Cl)c2Cl)c(=O)c1C(C=Cc1ccccc1)c1c(Nc2ccccc2OCCCCCCCCCCCC)[nH]n(-c2c(Cl)c(Cl)c(Cl)c(Cl)c2Cl)c1=O. The number of aromatic nitrogens is 4. The number of aromatic amines is 2. The predicted molar refractivity (Wildman–Crippen MR) is 354 cm³/mol. The van der Waals surface area contributed by atoms with Gasteiger partial charge in [0.15, 0.2) is 0 Å². The Morgan fingerprint density at radius 2 is 0.735 bits per heavy atom. The van der Waals surface area contributed by atoms with Gasteiger partial charge in [-0.2, -0.15) is 0 Å². The summed E-state index contributed by atoms with van der Waals surface area (Å²) in [5.74, 6) is -0.0478. The standard InChI is InChI=1S/C63H70Cl10N6O4/c1-3-5-7-9-11-13-15-17-19-28-38-82-44-34-26-24-32-42(44)74-60-46(62(80)78(76-60)58-54(70)50(66)48(64)51(67)55(58)71)41(37-36-40-30-22-21-23-31-40)47-61(77-79(63(47)81)59-56(72)52(68)49(65)53(69)57(59)73)75-43-33-25-27-35-45(43)83-39-29-20-18-16-14-12-10-8-6-4-2/h21-27,30-37,41,74-77H,3-20,28-29,38-39H2,1-2H3. The van der Waals surface area contributed by atoms with Gasteiger partial charge in [0, 0.05) is 5.92 Å². The molecule has 0 amide bonds. The molecule has 0 saturated heterocycles. The van der Waals surface area contributed by atoms with Crippen molar-refractivity contribution in [3.63, 3.8) is 0 Å². The topological polar surface area (TPSA) is 118 Å². The highest BCUT2D eigenvalue weighted by Gasteiger charge is 2.34. The van der Waals surface area contributed by atoms with E-state index in [2.05, 4.69) is 34.7 Å². The maximum Gasteiger partial charge on any atom is 0.277 e. The minimum absolute atomic E-state index is 0.00262. The fourth-order valence-electron chi connectivity index (χ4n) is 9.87. The smallest absolute Gasteiger partial charge is 0.277 e. The Morgan fingerprint density at radius 3 is 1.10 bits per heavy atom. The second-order valence-electron chi connectivity index (χ2n) is 20.5. The van der Waals surface area contributed by atoms with Crippen LogP contribution in [0.4, 0.5) is 23.0 Å². The third-order valence-corrected chi connectivity index (χ3v) is 18.9. The molecule has 0 spiro atoms. The largest absolute Gasteiger partial charge is 0.491 e. The zero-order chi connectivity index (χ0) is 59.4. The number of allylic oxidation sites excluding steroid dienone is 1. The van der Waals surface area contributed by atoms with Gasteiger partial charge < -0.3 is 20.1 Å². The number of unbranched alkanes of at least 4 members (excludes halogenated alkanes) is 18. The van der Waals surface area contributed by atoms with Crippen molar-refractivity contribution >= 4 is 145 Å². The van der Waals surface area contributed by atoms with Crippen LogP contribution in [0.5, 0.6) is 11.5 Å². The molecule has 10 nitrogen and oxygen atoms in total. The number of H-pyrrole nitrogens is 2. The van der Waals surface area contributed by atoms with E-state index in [0.717, 1.165) is 53.5 Å². The molecule has 2 aromatic heterocycles. The number of rotatable bonds is 34. The molecule has 0 bridgehead atoms. The van der Waals surface area contributed by atoms with Crippen LogP contribution >= 0.6 is 116 Å². The molecule has 7 rings (SSSR count). The zero-order valence-electron chi connectivity index (χ0n) is 46.6. The number of benzene rings is 5. The van der Waals surface area contributed by atoms with Gasteiger partial charge in [-0.1, -0.05) is 312 Å². The average Bonchev–Trinajstić information content (AvgIpc) is 2.32. The number of para-hydroxylation sites is 4. The maximum atomic E-state index is 15.9. The van der Waals surface area contributed by atoms with Crippen molar-refractivity contribution in [2.24, 2.45) is 0 Å². The molecule has 20 heteroatoms. The molecule has 0 aliphatic carbocycles. The van der Waals surface area contributed by atoms with E-state index in [1.165, 1.54) is 89.9 Å². The van der Waals surface area contributed by atoms with Crippen molar-refractivity contribution in [3.05, 3.63) is 173 Å². The van der Waals surface area contributed by atoms with Crippen LogP contribution in [0.2, 0.25) is 50.2 Å². The Morgan fingerprint density at radius 1 is 0.422 bits per heavy atom. The quantitative estimate of drug-likeness (QED) is 0.0181. The summed E-state index contributed by atoms with van der Waals surface area (Å²) >= 11 is 67.6. The highest BCUT2D eigenvalue weighted by atomic mass is 35.5. The Kier molecular flexibility index (Phi) is 27.0. The molecule has 0 saturated carbocycles. The lowest BCUT2D eigenvalue weighted by Gasteiger charge is -2.17. The van der Waals surface area contributed by atoms with Crippen LogP contribution in [0.1, 0.15) is 165 Å². The molecule has 0 aliphatic rings. The molecular weight excluding hydrogens is 1260 g/mol. The van der Waals surface area contributed by atoms with E-state index < -0.39 is 17.0 Å². The monoisotopic (exact) mass is 1320 g/mol. The minimum Gasteiger partial charge on any atom is -0.491 e. The number of hydrogen-bond donors (Lipinski definition) is 4. The molecule has 0 fully saturated rings. The number of nitrogens with one attached hydrogen (secondary N) is 4. The first kappa shape index (κ1) is 66.5. The van der Waals surface area contributed by atoms with Crippen LogP contribution < -0.4 is 31.2 Å². The molecule has 2 heterocycles. The van der Waals surface area contributed by atoms with Crippen molar-refractivity contribution in [2.45, 2.75) is 148 Å². The first-order chi connectivity index (χ1) is 40.2. The van der Waals surface area contributed by atoms with E-state index in [-0.39, 0.29) is 84.4 Å². The van der Waals surface area contributed by atoms with E-state index in [4.69, 9.17) is 125 Å². The molecule has 0 aliphatic heterocycles. The fourth-order valence-corrected chi connectivity index (χ4v) is 12.5. The van der Waals surface area contributed by atoms with Gasteiger partial charge in [-0.25, -0.2) is 9.36 Å². The summed E-state index contributed by atoms with van der Waals surface area (Å²) in [4.78, 5) is 31.7. The minimum atomic E-state index is -1.28. The summed E-state index contributed by atoms with van der Waals surface area (Å²) in [6.07, 6.45) is 27.0. The molecular formula is C63H70Cl10N6O4. The molecule has 0 radical (unpaired) electrons. The van der Waals surface area contributed by atoms with Crippen LogP contribution in [0.25, 0.3) is 17.5 Å². The van der Waals surface area contributed by atoms with Crippen LogP contribution in [0.3, 0.4) is 0 Å². The number of nitrogens with zero attached hydrogens (tertiary/aromatic N) is 2. The Balaban J connectivity index is 1.36. The summed E-state index contributed by atoms with van der Waals surface area (Å²) in [6, 6.07) is 24.1. The van der Waals surface area contributed by atoms with Crippen molar-refractivity contribution in [1.82, 2.24) is 19.6 Å². The molecule has 5 aromatic carbocycles. The molecule has 83 heavy (non-hydrogen) atoms. The normalized spacial score (nSPS) is 11.6. The average molecular weight is 1330 g/mol. The van der Waals surface area contributed by atoms with Crippen molar-refractivity contribution in [3.8, 4) is 22.9 Å². The highest BCUT2D eigenvalue weighted by molar-refractivity contribution is 6.57. The number of halogens is 10. The van der Waals surface area contributed by atoms with Crippen LogP contribution in [-0.2, 0) is 0 Å². The molecule has 0 unspecified atom stereocenters. The van der Waals surface area contributed by atoms with E-state index in [1.807, 2.05) is 78.9 Å². The van der Waals surface area contributed by atoms with Gasteiger partial charge in [0.05, 0.1) is 85.9 Å². The van der Waals surface area contributed by atoms with Gasteiger partial charge in [-0.05, 0) is 42.7 Å². The van der Waals surface area contributed by atoms with Crippen LogP contribution in [0.15, 0.2) is 94.5 Å². The van der Waals surface area contributed by atoms with Crippen LogP contribution in [0, 0.1) is 0 Å². The molecule has 446 valence electrons. The van der Waals surface area contributed by atoms with Gasteiger partial charge in [0.2, 0.25) is 0 Å². The Labute approximate surface area is 537 Å². The summed E-state index contributed by atoms with van der Waals surface area (Å²) in [5, 5.41) is 11.8. The van der Waals surface area contributed by atoms with Crippen molar-refractivity contribution in [1.29, 1.82) is 0 Å². The zero-order valence-corrected chi connectivity index (χ0v) is 54.2. The lowest BCUT2D eigenvalue weighted by atomic mass is 9.92. The summed E-state index contributed by atoms with van der Waals surface area (Å²) < 4.78 is 15.1. The second kappa shape index (κ2) is 33.8. The highest BCUT2D eigenvalue weighted by Crippen LogP contribution is 2.48. The van der Waals surface area contributed by atoms with E-state index in [1.54, 1.807) is 12.2 Å². The summed E-state index contributed by atoms with van der Waals surface area (Å²) in [7, 11) is 0. The van der Waals surface area contributed by atoms with Gasteiger partial charge in [-0.3, -0.25) is 19.8 Å². The maximum absolute atomic E-state index is 15.9. The molecule has 7 aromatic rings. The van der Waals surface area contributed by atoms with Crippen molar-refractivity contribution in [2.75, 3.05) is 23.8 Å². The molecule has 4 N–H and O–H groups in total. The van der Waals surface area contributed by atoms with E-state index >= 15 is 9.59 Å². The first-order valence-electron chi connectivity index (χ1n) is 28.6. The lowest BCUT2D eigenvalue weighted by Crippen LogP contribution is -2.24. The van der Waals surface area contributed by atoms with Gasteiger partial charge in [0.25, 0.3) is 11.1 Å². The number of anilines is 4. The lowest BCUT2D eigenvalue weighted by molar-refractivity contribution is 0.305. The third kappa shape index (κ3) is 17.4. The predicted octanol–water partition coefficient (Wildman–Crippen LogP) is 23.1. The van der Waals surface area contributed by atoms with Gasteiger partial charge in [0.1, 0.15) is 34.5 Å². The Bertz CT molecular complexity index is 3140. The second-order valence-corrected chi connectivity index (χ2v) is 24.2. The third-order valence-electron chi connectivity index (χ3n) is 14.4. The number of hydrogen-bond acceptors (Lipinski definition) is 6. The summed E-state index contributed by atoms with van der Waals surface area (Å²) in [5.41, 5.74) is 0.0758. The fraction of sp³-hybridized carbons (Fsp3) is 0.397. The van der Waals surface area contributed by atoms with Gasteiger partial charge in [-0.15, -0.1) is 0 Å². The summed E-state index contributed by atoms with van der Waals surface area (Å²) in [6.45, 7) is 5.36. The molecule has 0 atom stereocenters. The van der Waals surface area contributed by atoms with E-state index in [0.29, 0.717) is 36.1 Å². The van der Waals surface area contributed by atoms with E-state index in [9.17, 15) is 0 Å². The van der Waals surface area contributed by atoms with Gasteiger partial charge >= 0.3 is 0 Å². The van der Waals surface area contributed by atoms with Crippen LogP contribution in [-0.4, -0.2) is 32.8 Å².